The molecule has 4 N–H and O–H groups in total. The topological polar surface area (TPSA) is 64.5 Å². The van der Waals surface area contributed by atoms with Crippen molar-refractivity contribution in [2.24, 2.45) is 5.84 Å². The minimum absolute atomic E-state index is 0.658. The summed E-state index contributed by atoms with van der Waals surface area (Å²) in [6, 6.07) is 5.41. The lowest BCUT2D eigenvalue weighted by Gasteiger charge is -2.18. The molecule has 0 unspecified atom stereocenters. The number of hydrogen-bond donors (Lipinski definition) is 2. The van der Waals surface area contributed by atoms with Crippen LogP contribution in [-0.2, 0) is 0 Å². The van der Waals surface area contributed by atoms with Crippen molar-refractivity contribution in [2.45, 2.75) is 6.92 Å². The van der Waals surface area contributed by atoms with Gasteiger partial charge < -0.3 is 15.5 Å². The van der Waals surface area contributed by atoms with Gasteiger partial charge in [-0.3, -0.25) is 0 Å². The fourth-order valence-electron chi connectivity index (χ4n) is 1.07. The van der Waals surface area contributed by atoms with Crippen molar-refractivity contribution in [1.29, 1.82) is 0 Å². The zero-order chi connectivity index (χ0) is 9.84. The molecule has 0 saturated heterocycles. The molecule has 0 radical (unpaired) electrons. The molecule has 1 rings (SSSR count). The third-order valence-electron chi connectivity index (χ3n) is 1.89. The van der Waals surface area contributed by atoms with Gasteiger partial charge in [-0.25, -0.2) is 5.84 Å². The molecule has 72 valence electrons. The van der Waals surface area contributed by atoms with E-state index in [2.05, 4.69) is 0 Å². The Kier molecular flexibility index (Phi) is 2.97. The van der Waals surface area contributed by atoms with Gasteiger partial charge in [-0.05, 0) is 19.1 Å². The van der Waals surface area contributed by atoms with Gasteiger partial charge in [0.05, 0.1) is 18.5 Å². The van der Waals surface area contributed by atoms with E-state index in [0.29, 0.717) is 12.2 Å². The average Bonchev–Trinajstić information content (AvgIpc) is 2.17. The number of anilines is 2. The van der Waals surface area contributed by atoms with Crippen LogP contribution in [0.15, 0.2) is 18.2 Å². The van der Waals surface area contributed by atoms with Crippen LogP contribution in [0.5, 0.6) is 5.75 Å². The quantitative estimate of drug-likeness (QED) is 0.414. The van der Waals surface area contributed by atoms with E-state index in [4.69, 9.17) is 16.3 Å². The third-order valence-corrected chi connectivity index (χ3v) is 1.89. The summed E-state index contributed by atoms with van der Waals surface area (Å²) in [5, 5.41) is 1.58. The number of nitrogens with zero attached hydrogens (tertiary/aromatic N) is 1. The Morgan fingerprint density at radius 1 is 1.46 bits per heavy atom. The molecular weight excluding hydrogens is 166 g/mol. The second-order valence-corrected chi connectivity index (χ2v) is 2.71. The number of nitrogen functional groups attached to an aromatic ring is 1. The highest BCUT2D eigenvalue weighted by Crippen LogP contribution is 2.26. The Morgan fingerprint density at radius 3 is 2.69 bits per heavy atom. The van der Waals surface area contributed by atoms with E-state index in [1.165, 1.54) is 0 Å². The summed E-state index contributed by atoms with van der Waals surface area (Å²) in [6.07, 6.45) is 0. The van der Waals surface area contributed by atoms with E-state index in [9.17, 15) is 0 Å². The average molecular weight is 181 g/mol. The number of ether oxygens (including phenoxy) is 1. The van der Waals surface area contributed by atoms with Crippen LogP contribution in [0, 0.1) is 0 Å². The van der Waals surface area contributed by atoms with E-state index in [1.54, 1.807) is 18.2 Å². The van der Waals surface area contributed by atoms with Crippen molar-refractivity contribution in [3.8, 4) is 5.75 Å². The summed E-state index contributed by atoms with van der Waals surface area (Å²) in [5.74, 6) is 6.47. The first-order valence-corrected chi connectivity index (χ1v) is 4.14. The molecular formula is C9H15N3O. The highest BCUT2D eigenvalue weighted by Gasteiger charge is 2.04. The van der Waals surface area contributed by atoms with Gasteiger partial charge in [-0.1, -0.05) is 0 Å². The van der Waals surface area contributed by atoms with Crippen LogP contribution in [0.4, 0.5) is 11.4 Å². The van der Waals surface area contributed by atoms with Crippen molar-refractivity contribution < 1.29 is 4.74 Å². The fraction of sp³-hybridized carbons (Fsp3) is 0.333. The number of methoxy groups -OCH3 is 1. The predicted octanol–water partition coefficient (Wildman–Crippen LogP) is 0.977. The van der Waals surface area contributed by atoms with Crippen LogP contribution in [0.1, 0.15) is 6.92 Å². The van der Waals surface area contributed by atoms with Crippen LogP contribution in [0.25, 0.3) is 0 Å². The van der Waals surface area contributed by atoms with Gasteiger partial charge in [0.1, 0.15) is 5.75 Å². The van der Waals surface area contributed by atoms with Gasteiger partial charge in [-0.2, -0.15) is 0 Å². The van der Waals surface area contributed by atoms with Crippen molar-refractivity contribution in [3.05, 3.63) is 18.2 Å². The van der Waals surface area contributed by atoms with Gasteiger partial charge in [0, 0.05) is 12.6 Å². The molecule has 0 aliphatic carbocycles. The minimum atomic E-state index is 0.658. The molecule has 1 aromatic rings. The van der Waals surface area contributed by atoms with E-state index >= 15 is 0 Å². The lowest BCUT2D eigenvalue weighted by molar-refractivity contribution is 0.415. The number of nitrogens with two attached hydrogens (primary N) is 2. The third kappa shape index (κ3) is 2.03. The summed E-state index contributed by atoms with van der Waals surface area (Å²) < 4.78 is 5.07. The molecule has 0 amide bonds. The predicted molar refractivity (Wildman–Crippen MR) is 54.6 cm³/mol. The summed E-state index contributed by atoms with van der Waals surface area (Å²) in [6.45, 7) is 2.66. The molecule has 4 nitrogen and oxygen atoms in total. The van der Waals surface area contributed by atoms with Crippen LogP contribution < -0.4 is 21.3 Å². The van der Waals surface area contributed by atoms with E-state index in [-0.39, 0.29) is 0 Å². The molecule has 0 spiro atoms. The second-order valence-electron chi connectivity index (χ2n) is 2.71. The maximum atomic E-state index is 5.74. The van der Waals surface area contributed by atoms with Crippen LogP contribution in [0.2, 0.25) is 0 Å². The second kappa shape index (κ2) is 4.00. The Hall–Kier alpha value is -1.42. The molecule has 13 heavy (non-hydrogen) atoms. The lowest BCUT2D eigenvalue weighted by Crippen LogP contribution is -2.30. The first kappa shape index (κ1) is 9.67. The monoisotopic (exact) mass is 181 g/mol. The molecule has 0 aliphatic heterocycles. The first-order valence-electron chi connectivity index (χ1n) is 4.14. The number of hydrazine groups is 1. The summed E-state index contributed by atoms with van der Waals surface area (Å²) >= 11 is 0. The minimum Gasteiger partial charge on any atom is -0.497 e. The largest absolute Gasteiger partial charge is 0.497 e. The molecule has 0 atom stereocenters. The zero-order valence-corrected chi connectivity index (χ0v) is 7.95. The summed E-state index contributed by atoms with van der Waals surface area (Å²) in [5.41, 5.74) is 7.19. The molecule has 0 fully saturated rings. The van der Waals surface area contributed by atoms with Crippen LogP contribution >= 0.6 is 0 Å². The van der Waals surface area contributed by atoms with Crippen molar-refractivity contribution >= 4 is 11.4 Å². The molecule has 0 heterocycles. The lowest BCUT2D eigenvalue weighted by atomic mass is 10.2. The van der Waals surface area contributed by atoms with Gasteiger partial charge in [0.15, 0.2) is 0 Å². The molecule has 0 saturated carbocycles. The van der Waals surface area contributed by atoms with E-state index in [0.717, 1.165) is 11.4 Å². The highest BCUT2D eigenvalue weighted by atomic mass is 16.5. The fourth-order valence-corrected chi connectivity index (χ4v) is 1.07. The first-order chi connectivity index (χ1) is 6.19. The zero-order valence-electron chi connectivity index (χ0n) is 7.95. The van der Waals surface area contributed by atoms with E-state index < -0.39 is 0 Å². The highest BCUT2D eigenvalue weighted by molar-refractivity contribution is 5.68. The standard InChI is InChI=1S/C9H15N3O/c1-3-12(11)9-6-7(13-2)4-5-8(9)10/h4-6H,3,10-11H2,1-2H3. The Labute approximate surface area is 78.0 Å². The molecule has 4 heteroatoms. The van der Waals surface area contributed by atoms with Crippen LogP contribution in [0.3, 0.4) is 0 Å². The number of benzene rings is 1. The summed E-state index contributed by atoms with van der Waals surface area (Å²) in [7, 11) is 1.61. The molecule has 0 aliphatic rings. The van der Waals surface area contributed by atoms with Gasteiger partial charge in [0.25, 0.3) is 0 Å². The normalized spacial score (nSPS) is 9.77. The maximum Gasteiger partial charge on any atom is 0.121 e. The van der Waals surface area contributed by atoms with Gasteiger partial charge in [-0.15, -0.1) is 0 Å². The van der Waals surface area contributed by atoms with E-state index in [1.807, 2.05) is 19.1 Å². The Morgan fingerprint density at radius 2 is 2.15 bits per heavy atom. The smallest absolute Gasteiger partial charge is 0.121 e. The SMILES string of the molecule is CCN(N)c1cc(OC)ccc1N. The number of rotatable bonds is 3. The van der Waals surface area contributed by atoms with Gasteiger partial charge >= 0.3 is 0 Å². The van der Waals surface area contributed by atoms with Crippen molar-refractivity contribution in [3.63, 3.8) is 0 Å². The van der Waals surface area contributed by atoms with Gasteiger partial charge in [0.2, 0.25) is 0 Å². The maximum absolute atomic E-state index is 5.74. The molecule has 0 bridgehead atoms. The van der Waals surface area contributed by atoms with Crippen LogP contribution in [-0.4, -0.2) is 13.7 Å². The Bertz CT molecular complexity index is 288. The van der Waals surface area contributed by atoms with Crippen molar-refractivity contribution in [1.82, 2.24) is 0 Å². The van der Waals surface area contributed by atoms with Crippen molar-refractivity contribution in [2.75, 3.05) is 24.4 Å². The molecule has 1 aromatic carbocycles. The molecule has 0 aromatic heterocycles. The number of hydrogen-bond acceptors (Lipinski definition) is 4. The summed E-state index contributed by atoms with van der Waals surface area (Å²) in [4.78, 5) is 0. The Balaban J connectivity index is 3.03.